The number of esters is 4. The number of rotatable bonds is 17. The van der Waals surface area contributed by atoms with Crippen LogP contribution in [-0.4, -0.2) is 195 Å². The van der Waals surface area contributed by atoms with Gasteiger partial charge in [0, 0.05) is 70.7 Å². The van der Waals surface area contributed by atoms with Gasteiger partial charge in [0.25, 0.3) is 0 Å². The van der Waals surface area contributed by atoms with Gasteiger partial charge in [-0.2, -0.15) is 0 Å². The Morgan fingerprint density at radius 2 is 0.908 bits per heavy atom. The second-order valence-corrected chi connectivity index (χ2v) is 40.0. The highest BCUT2D eigenvalue weighted by Gasteiger charge is 2.80. The molecule has 3 heterocycles. The van der Waals surface area contributed by atoms with Gasteiger partial charge in [-0.1, -0.05) is 106 Å². The predicted octanol–water partition coefficient (Wildman–Crippen LogP) is 9.67. The third kappa shape index (κ3) is 12.4. The van der Waals surface area contributed by atoms with Gasteiger partial charge in [-0.25, -0.2) is 9.59 Å². The smallest absolute Gasteiger partial charge is 0.338 e. The van der Waals surface area contributed by atoms with E-state index in [9.17, 15) is 44.7 Å². The number of hydrogen-bond donors (Lipinski definition) is 5. The first-order valence-corrected chi connectivity index (χ1v) is 40.7. The van der Waals surface area contributed by atoms with Crippen molar-refractivity contribution >= 4 is 52.1 Å². The molecule has 11 rings (SSSR count). The van der Waals surface area contributed by atoms with Gasteiger partial charge in [-0.15, -0.1) is 0 Å². The standard InChI is InChI=1S/C36H52O10Si.C35H50O10Si.C4H8O/c1-10-47(11-2,12-3)46-28-27-21(4)24(38)19-36(41,33(27,6)7)31(44-32(40)23-16-14-13-15-17-23)29-34(8,30(28)39)25(42-9)18-26-35(29,20-43-26)45-22(5)37;1-9-46(10-2,11-3)45-27-26-20(4)23(37)18-35(41,32(26,6)7)30(43-31(40)22-15-13-12-14-16-22)28-33(8,29(27)39)24(38)17-25-34(28,19-42-25)44-21(5)36;1-2-4-5-3-1/h13-17,24-26,28-29,31,38,41H,10-12,18-20H2,1-9H3;12-16,23-25,27-28,30,37-38,41H,9-11,17-19H2,1-8H3;1-4H2/t24-,25-,26+,28+,29-,31-,34+,35-,36+;23-,24-,25+,27+,28-,30-,33+,34-,35+;/m00./s1. The summed E-state index contributed by atoms with van der Waals surface area (Å²) < 4.78 is 62.2. The van der Waals surface area contributed by atoms with E-state index in [0.29, 0.717) is 22.3 Å². The lowest BCUT2D eigenvalue weighted by Gasteiger charge is -2.68. The number of ether oxygens (including phenoxy) is 8. The summed E-state index contributed by atoms with van der Waals surface area (Å²) in [5.74, 6) is -5.84. The number of fused-ring (bicyclic) bond motifs is 10. The van der Waals surface area contributed by atoms with E-state index in [2.05, 4.69) is 41.5 Å². The highest BCUT2D eigenvalue weighted by molar-refractivity contribution is 6.74. The quantitative estimate of drug-likeness (QED) is 0.0426. The van der Waals surface area contributed by atoms with Crippen molar-refractivity contribution < 1.29 is 101 Å². The molecule has 9 aliphatic rings. The molecule has 544 valence electrons. The molecule has 3 saturated heterocycles. The molecule has 4 bridgehead atoms. The molecule has 0 unspecified atom stereocenters. The Labute approximate surface area is 580 Å². The number of hydrogen-bond acceptors (Lipinski definition) is 21. The topological polar surface area (TPSA) is 296 Å². The molecular weight excluding hydrogens is 1290 g/mol. The van der Waals surface area contributed by atoms with Gasteiger partial charge in [-0.05, 0) is 123 Å². The Bertz CT molecular complexity index is 3320. The molecule has 6 aliphatic carbocycles. The first-order valence-electron chi connectivity index (χ1n) is 35.6. The number of methoxy groups -OCH3 is 1. The maximum atomic E-state index is 15.7. The lowest BCUT2D eigenvalue weighted by atomic mass is 9.44. The van der Waals surface area contributed by atoms with E-state index in [1.807, 2.05) is 13.8 Å². The van der Waals surface area contributed by atoms with Gasteiger partial charge < -0.3 is 72.3 Å². The van der Waals surface area contributed by atoms with Crippen molar-refractivity contribution in [3.8, 4) is 0 Å². The first-order chi connectivity index (χ1) is 46.0. The maximum absolute atomic E-state index is 15.7. The summed E-state index contributed by atoms with van der Waals surface area (Å²) in [7, 11) is -3.52. The van der Waals surface area contributed by atoms with Crippen molar-refractivity contribution in [2.24, 2.45) is 33.5 Å². The number of aliphatic hydroxyl groups is 5. The minimum atomic E-state index is -2.54. The van der Waals surface area contributed by atoms with Crippen molar-refractivity contribution in [2.75, 3.05) is 33.5 Å². The minimum absolute atomic E-state index is 0.0154. The molecule has 5 N–H and O–H groups in total. The molecule has 7 fully saturated rings. The fourth-order valence-electron chi connectivity index (χ4n) is 18.8. The average Bonchev–Trinajstić information content (AvgIpc) is 1.68. The van der Waals surface area contributed by atoms with E-state index in [1.165, 1.54) is 33.8 Å². The summed E-state index contributed by atoms with van der Waals surface area (Å²) >= 11 is 0. The van der Waals surface area contributed by atoms with E-state index in [-0.39, 0.29) is 55.8 Å². The van der Waals surface area contributed by atoms with E-state index in [0.717, 1.165) is 49.5 Å². The van der Waals surface area contributed by atoms with Gasteiger partial charge in [-0.3, -0.25) is 19.2 Å². The highest BCUT2D eigenvalue weighted by Crippen LogP contribution is 2.67. The summed E-state index contributed by atoms with van der Waals surface area (Å²) in [6, 6.07) is 21.2. The van der Waals surface area contributed by atoms with Crippen LogP contribution in [0.2, 0.25) is 36.3 Å². The van der Waals surface area contributed by atoms with E-state index in [4.69, 9.17) is 46.7 Å². The van der Waals surface area contributed by atoms with Crippen molar-refractivity contribution in [1.82, 2.24) is 0 Å². The Balaban J connectivity index is 0.000000214. The second-order valence-electron chi connectivity index (χ2n) is 30.6. The number of benzene rings is 2. The Morgan fingerprint density at radius 1 is 0.551 bits per heavy atom. The molecule has 3 aliphatic heterocycles. The van der Waals surface area contributed by atoms with Crippen LogP contribution >= 0.6 is 0 Å². The van der Waals surface area contributed by atoms with E-state index >= 15 is 9.59 Å². The fourth-order valence-corrected chi connectivity index (χ4v) is 24.3. The second kappa shape index (κ2) is 28.8. The molecule has 0 radical (unpaired) electrons. The van der Waals surface area contributed by atoms with Crippen LogP contribution in [0.15, 0.2) is 83.0 Å². The molecule has 2 aromatic carbocycles. The highest BCUT2D eigenvalue weighted by atomic mass is 28.4. The summed E-state index contributed by atoms with van der Waals surface area (Å²) in [6.45, 7) is 30.9. The van der Waals surface area contributed by atoms with Crippen LogP contribution in [0.4, 0.5) is 0 Å². The van der Waals surface area contributed by atoms with Crippen LogP contribution in [0.3, 0.4) is 0 Å². The summed E-state index contributed by atoms with van der Waals surface area (Å²) in [6.07, 6.45) is -8.88. The molecule has 98 heavy (non-hydrogen) atoms. The zero-order chi connectivity index (χ0) is 72.3. The van der Waals surface area contributed by atoms with Crippen LogP contribution in [0.1, 0.15) is 170 Å². The predicted molar refractivity (Wildman–Crippen MR) is 367 cm³/mol. The van der Waals surface area contributed by atoms with Crippen LogP contribution in [-0.2, 0) is 65.9 Å². The fraction of sp³-hybridized carbons (Fsp3) is 0.707. The molecular formula is C75H110O21Si2. The molecule has 4 saturated carbocycles. The van der Waals surface area contributed by atoms with Gasteiger partial charge in [0.1, 0.15) is 47.8 Å². The molecule has 23 heteroatoms. The molecule has 0 aromatic heterocycles. The molecule has 18 atom stereocenters. The summed E-state index contributed by atoms with van der Waals surface area (Å²) in [5, 5.41) is 61.8. The normalized spacial score (nSPS) is 37.4. The van der Waals surface area contributed by atoms with E-state index in [1.54, 1.807) is 102 Å². The van der Waals surface area contributed by atoms with Crippen LogP contribution in [0, 0.1) is 33.5 Å². The van der Waals surface area contributed by atoms with Gasteiger partial charge in [0.15, 0.2) is 39.4 Å². The molecule has 0 spiro atoms. The van der Waals surface area contributed by atoms with E-state index < -0.39 is 163 Å². The molecule has 0 amide bonds. The van der Waals surface area contributed by atoms with Crippen molar-refractivity contribution in [3.63, 3.8) is 0 Å². The number of Topliss-reactive ketones (excluding diaryl/α,β-unsaturated/α-hetero) is 2. The zero-order valence-electron chi connectivity index (χ0n) is 60.8. The zero-order valence-corrected chi connectivity index (χ0v) is 62.8. The Hall–Kier alpha value is -4.87. The lowest BCUT2D eigenvalue weighted by molar-refractivity contribution is -0.347. The Kier molecular flexibility index (Phi) is 22.7. The summed E-state index contributed by atoms with van der Waals surface area (Å²) in [5.41, 5.74) is -10.2. The van der Waals surface area contributed by atoms with Gasteiger partial charge >= 0.3 is 23.9 Å². The summed E-state index contributed by atoms with van der Waals surface area (Å²) in [4.78, 5) is 84.7. The SMILES string of the molecule is C1CCOC1.CC[Si](CC)(CC)O[C@H]1C(=O)[C@@]2(C)[C@H]([C@H](OC(=O)c3ccccc3)[C@]3(O)C[C@H](O)C(C)=C1C3(C)C)[C@]1(OC(C)=O)CO[C@@H]1C[C@@H]2O.CC[Si](CC)(CC)O[C@H]1C(=O)[C@]2(C)[C@@H](OC)C[C@H]3OC[C@@]3(OC(C)=O)[C@H]2[C@H](OC(=O)c2ccccc2)[C@]2(O)C[C@H](O)C(C)=C1C2(C)C. The van der Waals surface area contributed by atoms with Crippen LogP contribution in [0.25, 0.3) is 0 Å². The van der Waals surface area contributed by atoms with Crippen molar-refractivity contribution in [3.05, 3.63) is 94.1 Å². The number of carbonyl (C=O) groups excluding carboxylic acids is 6. The van der Waals surface area contributed by atoms with Crippen molar-refractivity contribution in [1.29, 1.82) is 0 Å². The first kappa shape index (κ1) is 77.3. The van der Waals surface area contributed by atoms with Gasteiger partial charge in [0.2, 0.25) is 0 Å². The van der Waals surface area contributed by atoms with Crippen molar-refractivity contribution in [2.45, 2.75) is 269 Å². The van der Waals surface area contributed by atoms with Gasteiger partial charge in [0.05, 0.1) is 71.4 Å². The average molecular weight is 1400 g/mol. The maximum Gasteiger partial charge on any atom is 0.338 e. The number of carbonyl (C=O) groups is 6. The molecule has 21 nitrogen and oxygen atoms in total. The third-order valence-electron chi connectivity index (χ3n) is 25.5. The lowest BCUT2D eigenvalue weighted by Crippen LogP contribution is -2.82. The third-order valence-corrected chi connectivity index (χ3v) is 34.7. The van der Waals surface area contributed by atoms with Crippen LogP contribution in [0.5, 0.6) is 0 Å². The number of ketones is 2. The monoisotopic (exact) mass is 1400 g/mol. The minimum Gasteiger partial charge on any atom is -0.455 e. The largest absolute Gasteiger partial charge is 0.455 e. The molecule has 2 aromatic rings. The van der Waals surface area contributed by atoms with Crippen LogP contribution < -0.4 is 0 Å². The Morgan fingerprint density at radius 3 is 1.22 bits per heavy atom. The number of aliphatic hydroxyl groups excluding tert-OH is 3.